The number of hydrogen-bond acceptors (Lipinski definition) is 3. The molecule has 0 aromatic heterocycles. The van der Waals surface area contributed by atoms with Gasteiger partial charge in [0.05, 0.1) is 5.71 Å². The Hall–Kier alpha value is -0.570. The Morgan fingerprint density at radius 3 is 2.44 bits per heavy atom. The van der Waals surface area contributed by atoms with E-state index in [9.17, 15) is 5.21 Å². The molecule has 92 valence electrons. The molecule has 0 unspecified atom stereocenters. The lowest BCUT2D eigenvalue weighted by molar-refractivity contribution is -0.0855. The summed E-state index contributed by atoms with van der Waals surface area (Å²) < 4.78 is 0. The molecule has 3 saturated carbocycles. The van der Waals surface area contributed by atoms with Crippen LogP contribution in [-0.2, 0) is 0 Å². The lowest BCUT2D eigenvalue weighted by Gasteiger charge is -2.63. The van der Waals surface area contributed by atoms with Gasteiger partial charge in [-0.25, -0.2) is 0 Å². The third kappa shape index (κ3) is 1.48. The molecule has 0 saturated heterocycles. The molecule has 3 rings (SSSR count). The topological polar surface area (TPSA) is 35.8 Å². The van der Waals surface area contributed by atoms with Crippen molar-refractivity contribution in [1.29, 1.82) is 0 Å². The van der Waals surface area contributed by atoms with Gasteiger partial charge >= 0.3 is 0 Å². The molecule has 3 heteroatoms. The van der Waals surface area contributed by atoms with E-state index in [-0.39, 0.29) is 0 Å². The summed E-state index contributed by atoms with van der Waals surface area (Å²) in [4.78, 5) is 2.21. The van der Waals surface area contributed by atoms with Crippen molar-refractivity contribution in [2.75, 3.05) is 20.6 Å². The summed E-state index contributed by atoms with van der Waals surface area (Å²) in [7, 11) is 4.19. The monoisotopic (exact) mass is 224 g/mol. The largest absolute Gasteiger partial charge is 0.411 e. The Kier molecular flexibility index (Phi) is 2.77. The molecule has 0 spiro atoms. The summed E-state index contributed by atoms with van der Waals surface area (Å²) in [5, 5.41) is 12.8. The summed E-state index contributed by atoms with van der Waals surface area (Å²) >= 11 is 0. The van der Waals surface area contributed by atoms with Crippen LogP contribution in [0.1, 0.15) is 27.2 Å². The van der Waals surface area contributed by atoms with E-state index in [0.717, 1.165) is 12.3 Å². The second-order valence-corrected chi connectivity index (χ2v) is 6.45. The van der Waals surface area contributed by atoms with Gasteiger partial charge in [-0.15, -0.1) is 0 Å². The minimum absolute atomic E-state index is 0.425. The Balaban J connectivity index is 2.25. The molecule has 0 heterocycles. The van der Waals surface area contributed by atoms with Gasteiger partial charge in [0.25, 0.3) is 0 Å². The zero-order chi connectivity index (χ0) is 12.1. The van der Waals surface area contributed by atoms with Crippen molar-refractivity contribution in [3.05, 3.63) is 0 Å². The maximum atomic E-state index is 9.22. The van der Waals surface area contributed by atoms with Crippen LogP contribution >= 0.6 is 0 Å². The van der Waals surface area contributed by atoms with Crippen molar-refractivity contribution in [1.82, 2.24) is 4.90 Å². The van der Waals surface area contributed by atoms with Gasteiger partial charge in [0.1, 0.15) is 0 Å². The molecule has 2 bridgehead atoms. The molecule has 1 N–H and O–H groups in total. The first kappa shape index (κ1) is 11.9. The lowest BCUT2D eigenvalue weighted by Crippen LogP contribution is -2.61. The van der Waals surface area contributed by atoms with E-state index in [2.05, 4.69) is 44.9 Å². The summed E-state index contributed by atoms with van der Waals surface area (Å²) in [5.41, 5.74) is 1.46. The molecule has 3 fully saturated rings. The first-order valence-electron chi connectivity index (χ1n) is 6.26. The summed E-state index contributed by atoms with van der Waals surface area (Å²) in [6.07, 6.45) is 1.31. The van der Waals surface area contributed by atoms with Crippen LogP contribution in [0.3, 0.4) is 0 Å². The third-order valence-electron chi connectivity index (χ3n) is 5.03. The number of oxime groups is 1. The fourth-order valence-electron chi connectivity index (χ4n) is 4.06. The fraction of sp³-hybridized carbons (Fsp3) is 0.923. The van der Waals surface area contributed by atoms with Gasteiger partial charge in [-0.1, -0.05) is 25.9 Å². The standard InChI is InChI=1S/C13H24N2O/c1-8-10-6-11(13(10,2)3)9(7-15(4)5)12(8)14-16/h8-11,16H,6-7H2,1-5H3/b14-12+/t8-,9+,10+,11+/m0/s1. The summed E-state index contributed by atoms with van der Waals surface area (Å²) in [5.74, 6) is 2.29. The van der Waals surface area contributed by atoms with E-state index >= 15 is 0 Å². The predicted octanol–water partition coefficient (Wildman–Crippen LogP) is 2.31. The number of rotatable bonds is 2. The second-order valence-electron chi connectivity index (χ2n) is 6.45. The lowest BCUT2D eigenvalue weighted by atomic mass is 9.42. The van der Waals surface area contributed by atoms with E-state index in [0.29, 0.717) is 29.1 Å². The minimum Gasteiger partial charge on any atom is -0.411 e. The van der Waals surface area contributed by atoms with Crippen molar-refractivity contribution in [2.24, 2.45) is 34.2 Å². The van der Waals surface area contributed by atoms with Crippen LogP contribution in [0.4, 0.5) is 0 Å². The SMILES string of the molecule is C[C@@H]1/C(=N\O)[C@H](CN(C)C)[C@H]2C[C@H]1C2(C)C. The first-order chi connectivity index (χ1) is 7.39. The molecular formula is C13H24N2O. The number of hydrogen-bond donors (Lipinski definition) is 1. The van der Waals surface area contributed by atoms with Crippen molar-refractivity contribution in [3.63, 3.8) is 0 Å². The van der Waals surface area contributed by atoms with E-state index < -0.39 is 0 Å². The molecule has 0 radical (unpaired) electrons. The molecule has 0 aromatic rings. The zero-order valence-electron chi connectivity index (χ0n) is 11.1. The summed E-state index contributed by atoms with van der Waals surface area (Å²) in [6.45, 7) is 7.97. The van der Waals surface area contributed by atoms with Gasteiger partial charge in [0, 0.05) is 18.4 Å². The van der Waals surface area contributed by atoms with Crippen LogP contribution in [0.15, 0.2) is 5.16 Å². The average molecular weight is 224 g/mol. The smallest absolute Gasteiger partial charge is 0.0648 e. The first-order valence-corrected chi connectivity index (χ1v) is 6.26. The molecule has 16 heavy (non-hydrogen) atoms. The second kappa shape index (κ2) is 3.73. The van der Waals surface area contributed by atoms with E-state index in [4.69, 9.17) is 0 Å². The maximum Gasteiger partial charge on any atom is 0.0648 e. The predicted molar refractivity (Wildman–Crippen MR) is 65.8 cm³/mol. The highest BCUT2D eigenvalue weighted by Gasteiger charge is 2.59. The Morgan fingerprint density at radius 1 is 1.38 bits per heavy atom. The maximum absolute atomic E-state index is 9.22. The van der Waals surface area contributed by atoms with Crippen LogP contribution in [-0.4, -0.2) is 36.5 Å². The van der Waals surface area contributed by atoms with Crippen LogP contribution in [0, 0.1) is 29.1 Å². The van der Waals surface area contributed by atoms with Crippen molar-refractivity contribution in [2.45, 2.75) is 27.2 Å². The van der Waals surface area contributed by atoms with Crippen molar-refractivity contribution in [3.8, 4) is 0 Å². The molecule has 3 nitrogen and oxygen atoms in total. The van der Waals surface area contributed by atoms with Crippen LogP contribution in [0.5, 0.6) is 0 Å². The van der Waals surface area contributed by atoms with Crippen LogP contribution < -0.4 is 0 Å². The minimum atomic E-state index is 0.425. The highest BCUT2D eigenvalue weighted by Crippen LogP contribution is 2.62. The highest BCUT2D eigenvalue weighted by atomic mass is 16.4. The van der Waals surface area contributed by atoms with Gasteiger partial charge in [-0.05, 0) is 37.8 Å². The zero-order valence-corrected chi connectivity index (χ0v) is 11.1. The van der Waals surface area contributed by atoms with E-state index in [1.54, 1.807) is 0 Å². The van der Waals surface area contributed by atoms with Gasteiger partial charge in [-0.2, -0.15) is 0 Å². The fourth-order valence-corrected chi connectivity index (χ4v) is 4.06. The molecule has 0 aromatic carbocycles. The van der Waals surface area contributed by atoms with E-state index in [1.165, 1.54) is 6.42 Å². The average Bonchev–Trinajstić information content (AvgIpc) is 2.15. The third-order valence-corrected chi connectivity index (χ3v) is 5.03. The number of nitrogens with zero attached hydrogens (tertiary/aromatic N) is 2. The normalized spacial score (nSPS) is 43.5. The van der Waals surface area contributed by atoms with Crippen molar-refractivity contribution >= 4 is 5.71 Å². The number of fused-ring (bicyclic) bond motifs is 2. The Labute approximate surface area is 98.5 Å². The highest BCUT2D eigenvalue weighted by molar-refractivity contribution is 5.91. The molecule has 0 aliphatic heterocycles. The molecular weight excluding hydrogens is 200 g/mol. The Bertz CT molecular complexity index is 309. The van der Waals surface area contributed by atoms with Crippen LogP contribution in [0.25, 0.3) is 0 Å². The molecule has 0 amide bonds. The summed E-state index contributed by atoms with van der Waals surface area (Å²) in [6, 6.07) is 0. The van der Waals surface area contributed by atoms with Gasteiger partial charge in [-0.3, -0.25) is 0 Å². The van der Waals surface area contributed by atoms with Gasteiger partial charge in [0.2, 0.25) is 0 Å². The molecule has 3 aliphatic rings. The Morgan fingerprint density at radius 2 is 2.00 bits per heavy atom. The van der Waals surface area contributed by atoms with Gasteiger partial charge in [0.15, 0.2) is 0 Å². The van der Waals surface area contributed by atoms with E-state index in [1.807, 2.05) is 0 Å². The van der Waals surface area contributed by atoms with Crippen LogP contribution in [0.2, 0.25) is 0 Å². The van der Waals surface area contributed by atoms with Gasteiger partial charge < -0.3 is 10.1 Å². The molecule has 4 atom stereocenters. The quantitative estimate of drug-likeness (QED) is 0.577. The molecule has 3 aliphatic carbocycles. The van der Waals surface area contributed by atoms with Crippen molar-refractivity contribution < 1.29 is 5.21 Å².